The third kappa shape index (κ3) is 6.74. The van der Waals surface area contributed by atoms with Crippen LogP contribution in [0.3, 0.4) is 0 Å². The predicted molar refractivity (Wildman–Crippen MR) is 174 cm³/mol. The van der Waals surface area contributed by atoms with Gasteiger partial charge < -0.3 is 24.8 Å². The monoisotopic (exact) mass is 628 g/mol. The van der Waals surface area contributed by atoms with E-state index in [1.165, 1.54) is 17.3 Å². The van der Waals surface area contributed by atoms with Crippen molar-refractivity contribution in [1.29, 1.82) is 0 Å². The minimum atomic E-state index is -0.712. The lowest BCUT2D eigenvalue weighted by Gasteiger charge is -2.34. The highest BCUT2D eigenvalue weighted by atomic mass is 16.3. The number of aromatic amines is 2. The molecule has 0 unspecified atom stereocenters. The third-order valence-electron chi connectivity index (χ3n) is 7.67. The van der Waals surface area contributed by atoms with Crippen molar-refractivity contribution >= 4 is 28.5 Å². The number of Topliss-reactive ketones (excluding diaryl/α,β-unsaturated/α-hetero) is 1. The second-order valence-corrected chi connectivity index (χ2v) is 11.1. The van der Waals surface area contributed by atoms with E-state index in [0.717, 1.165) is 24.5 Å². The molecule has 1 fully saturated rings. The summed E-state index contributed by atoms with van der Waals surface area (Å²) in [5.74, 6) is -0.985. The maximum Gasteiger partial charge on any atom is 0.295 e. The average molecular weight is 629 g/mol. The van der Waals surface area contributed by atoms with Crippen molar-refractivity contribution < 1.29 is 14.7 Å². The van der Waals surface area contributed by atoms with E-state index in [4.69, 9.17) is 0 Å². The van der Waals surface area contributed by atoms with Gasteiger partial charge in [0.25, 0.3) is 11.7 Å². The van der Waals surface area contributed by atoms with Crippen LogP contribution in [0.4, 0.5) is 5.95 Å². The van der Waals surface area contributed by atoms with Crippen LogP contribution in [0.2, 0.25) is 0 Å². The van der Waals surface area contributed by atoms with Gasteiger partial charge in [-0.05, 0) is 49.8 Å². The van der Waals surface area contributed by atoms with Crippen LogP contribution in [0.15, 0.2) is 48.8 Å². The lowest BCUT2D eigenvalue weighted by molar-refractivity contribution is -0.126. The molecule has 5 aromatic rings. The molecule has 15 heteroatoms. The quantitative estimate of drug-likeness (QED) is 0.153. The molecule has 242 valence electrons. The zero-order chi connectivity index (χ0) is 32.8. The van der Waals surface area contributed by atoms with Crippen LogP contribution in [0.25, 0.3) is 28.0 Å². The molecule has 1 saturated heterocycles. The molecule has 0 atom stereocenters. The number of aromatic hydroxyl groups is 1. The number of tetrazole rings is 1. The number of hydrogen-bond donors (Lipinski definition) is 3. The first-order chi connectivity index (χ1) is 22.3. The molecule has 0 radical (unpaired) electrons. The highest BCUT2D eigenvalue weighted by Gasteiger charge is 2.31. The number of hydrogen-bond acceptors (Lipinski definition) is 11. The van der Waals surface area contributed by atoms with Crippen LogP contribution in [0.1, 0.15) is 29.9 Å². The highest BCUT2D eigenvalue weighted by molar-refractivity contribution is 6.45. The Labute approximate surface area is 266 Å². The van der Waals surface area contributed by atoms with E-state index in [1.54, 1.807) is 4.68 Å². The molecule has 0 spiro atoms. The zero-order valence-electron chi connectivity index (χ0n) is 26.8. The van der Waals surface area contributed by atoms with E-state index in [-0.39, 0.29) is 16.7 Å². The number of anilines is 1. The number of rotatable bonds is 10. The third-order valence-corrected chi connectivity index (χ3v) is 7.67. The number of likely N-dealkylation sites (N-methyl/N-ethyl adjacent to an activating group) is 2. The van der Waals surface area contributed by atoms with Gasteiger partial charge in [-0.15, -0.1) is 0 Å². The SMILES string of the molecule is CC.CN(C)CCN(C)Cc1cc(-c2ncc(O)c3c(C(=O)C(=O)N4CCN(c5nnnn5-c5ccccc5)CC4)c[nH]c23)n[nH]1. The number of pyridine rings is 1. The molecule has 1 amide bonds. The van der Waals surface area contributed by atoms with Crippen LogP contribution in [0, 0.1) is 0 Å². The summed E-state index contributed by atoms with van der Waals surface area (Å²) in [6.07, 6.45) is 2.72. The Kier molecular flexibility index (Phi) is 10.0. The van der Waals surface area contributed by atoms with Crippen molar-refractivity contribution in [2.75, 3.05) is 65.3 Å². The van der Waals surface area contributed by atoms with Crippen LogP contribution in [-0.2, 0) is 11.3 Å². The van der Waals surface area contributed by atoms with Crippen molar-refractivity contribution in [3.63, 3.8) is 0 Å². The number of ketones is 1. The molecule has 0 saturated carbocycles. The van der Waals surface area contributed by atoms with E-state index in [9.17, 15) is 14.7 Å². The van der Waals surface area contributed by atoms with Gasteiger partial charge in [0.15, 0.2) is 0 Å². The summed E-state index contributed by atoms with van der Waals surface area (Å²) in [5.41, 5.74) is 3.27. The molecule has 0 bridgehead atoms. The number of aromatic nitrogens is 8. The second-order valence-electron chi connectivity index (χ2n) is 11.1. The molecule has 1 aromatic carbocycles. The maximum atomic E-state index is 13.5. The molecular weight excluding hydrogens is 588 g/mol. The summed E-state index contributed by atoms with van der Waals surface area (Å²) in [6.45, 7) is 8.01. The average Bonchev–Trinajstić information content (AvgIpc) is 3.86. The molecule has 15 nitrogen and oxygen atoms in total. The van der Waals surface area contributed by atoms with E-state index < -0.39 is 11.7 Å². The summed E-state index contributed by atoms with van der Waals surface area (Å²) in [6, 6.07) is 11.4. The molecular formula is C31H40N12O3. The number of nitrogens with one attached hydrogen (secondary N) is 2. The summed E-state index contributed by atoms with van der Waals surface area (Å²) < 4.78 is 1.65. The number of H-pyrrole nitrogens is 2. The van der Waals surface area contributed by atoms with Crippen LogP contribution < -0.4 is 4.90 Å². The van der Waals surface area contributed by atoms with Crippen molar-refractivity contribution in [3.05, 3.63) is 60.0 Å². The van der Waals surface area contributed by atoms with Gasteiger partial charge in [-0.1, -0.05) is 37.1 Å². The van der Waals surface area contributed by atoms with Crippen molar-refractivity contribution in [2.24, 2.45) is 0 Å². The highest BCUT2D eigenvalue weighted by Crippen LogP contribution is 2.34. The van der Waals surface area contributed by atoms with E-state index in [0.29, 0.717) is 55.6 Å². The van der Waals surface area contributed by atoms with Gasteiger partial charge in [-0.3, -0.25) is 19.6 Å². The van der Waals surface area contributed by atoms with Gasteiger partial charge in [0.05, 0.1) is 28.4 Å². The number of fused-ring (bicyclic) bond motifs is 1. The normalized spacial score (nSPS) is 13.4. The number of carbonyl (C=O) groups is 2. The Balaban J connectivity index is 0.00000204. The Morgan fingerprint density at radius 2 is 1.76 bits per heavy atom. The number of benzene rings is 1. The zero-order valence-corrected chi connectivity index (χ0v) is 26.8. The smallest absolute Gasteiger partial charge is 0.295 e. The Morgan fingerprint density at radius 3 is 2.48 bits per heavy atom. The van der Waals surface area contributed by atoms with Crippen LogP contribution >= 0.6 is 0 Å². The number of amides is 1. The Morgan fingerprint density at radius 1 is 1.02 bits per heavy atom. The molecule has 5 heterocycles. The molecule has 1 aliphatic heterocycles. The topological polar surface area (TPSA) is 168 Å². The fourth-order valence-corrected chi connectivity index (χ4v) is 5.29. The van der Waals surface area contributed by atoms with Gasteiger partial charge in [-0.25, -0.2) is 4.98 Å². The van der Waals surface area contributed by atoms with E-state index >= 15 is 0 Å². The maximum absolute atomic E-state index is 13.5. The summed E-state index contributed by atoms with van der Waals surface area (Å²) in [7, 11) is 6.11. The fraction of sp³-hybridized carbons (Fsp3) is 0.387. The minimum Gasteiger partial charge on any atom is -0.506 e. The number of para-hydroxylation sites is 1. The van der Waals surface area contributed by atoms with Gasteiger partial charge in [0.2, 0.25) is 5.95 Å². The first-order valence-corrected chi connectivity index (χ1v) is 15.3. The standard InChI is InChI=1S/C29H34N12O3.C2H6/c1-37(2)9-10-38(3)18-19-15-22(33-32-19)25-26-24(23(42)17-31-25)21(16-30-26)27(43)28(44)39-11-13-40(14-12-39)29-34-35-36-41(29)20-7-5-4-6-8-20;1-2/h4-8,15-17,30,42H,9-14,18H2,1-3H3,(H,32,33);1-2H3. The van der Waals surface area contributed by atoms with Gasteiger partial charge >= 0.3 is 0 Å². The van der Waals surface area contributed by atoms with Crippen LogP contribution in [0.5, 0.6) is 5.75 Å². The molecule has 3 N–H and O–H groups in total. The van der Waals surface area contributed by atoms with Crippen molar-refractivity contribution in [3.8, 4) is 22.8 Å². The lowest BCUT2D eigenvalue weighted by Crippen LogP contribution is -2.51. The number of nitrogens with zero attached hydrogens (tertiary/aromatic N) is 10. The van der Waals surface area contributed by atoms with Gasteiger partial charge in [0, 0.05) is 57.7 Å². The largest absolute Gasteiger partial charge is 0.506 e. The molecule has 46 heavy (non-hydrogen) atoms. The molecule has 0 aliphatic carbocycles. The molecule has 1 aliphatic rings. The Hall–Kier alpha value is -5.15. The first kappa shape index (κ1) is 32.2. The minimum absolute atomic E-state index is 0.0841. The van der Waals surface area contributed by atoms with Crippen molar-refractivity contribution in [2.45, 2.75) is 20.4 Å². The second kappa shape index (κ2) is 14.3. The lowest BCUT2D eigenvalue weighted by atomic mass is 10.1. The predicted octanol–water partition coefficient (Wildman–Crippen LogP) is 2.19. The first-order valence-electron chi connectivity index (χ1n) is 15.3. The number of carbonyl (C=O) groups excluding carboxylic acids is 2. The van der Waals surface area contributed by atoms with Gasteiger partial charge in [-0.2, -0.15) is 9.78 Å². The number of piperazine rings is 1. The van der Waals surface area contributed by atoms with E-state index in [2.05, 4.69) is 45.5 Å². The van der Waals surface area contributed by atoms with Gasteiger partial charge in [0.1, 0.15) is 17.1 Å². The molecule has 4 aromatic heterocycles. The van der Waals surface area contributed by atoms with E-state index in [1.807, 2.05) is 76.3 Å². The fourth-order valence-electron chi connectivity index (χ4n) is 5.29. The summed E-state index contributed by atoms with van der Waals surface area (Å²) in [5, 5.41) is 30.5. The Bertz CT molecular complexity index is 1770. The summed E-state index contributed by atoms with van der Waals surface area (Å²) >= 11 is 0. The molecule has 6 rings (SSSR count). The van der Waals surface area contributed by atoms with Crippen molar-refractivity contribution in [1.82, 2.24) is 55.1 Å². The summed E-state index contributed by atoms with van der Waals surface area (Å²) in [4.78, 5) is 42.1. The van der Waals surface area contributed by atoms with Crippen LogP contribution in [-0.4, -0.2) is 132 Å².